The van der Waals surface area contributed by atoms with Crippen molar-refractivity contribution in [2.45, 2.75) is 39.2 Å². The van der Waals surface area contributed by atoms with Crippen LogP contribution in [0.15, 0.2) is 0 Å². The van der Waals surface area contributed by atoms with Gasteiger partial charge in [0.1, 0.15) is 0 Å². The Morgan fingerprint density at radius 3 is 2.24 bits per heavy atom. The third-order valence-electron chi connectivity index (χ3n) is 4.21. The summed E-state index contributed by atoms with van der Waals surface area (Å²) in [6.45, 7) is 9.97. The lowest BCUT2D eigenvalue weighted by Crippen LogP contribution is -2.56. The van der Waals surface area contributed by atoms with Crippen molar-refractivity contribution in [2.75, 3.05) is 45.8 Å². The van der Waals surface area contributed by atoms with Crippen LogP contribution in [0.3, 0.4) is 0 Å². The normalized spacial score (nSPS) is 27.9. The van der Waals surface area contributed by atoms with Gasteiger partial charge in [0.15, 0.2) is 0 Å². The van der Waals surface area contributed by atoms with E-state index in [1.807, 2.05) is 0 Å². The van der Waals surface area contributed by atoms with E-state index in [1.165, 1.54) is 0 Å². The molecule has 0 aromatic rings. The number of hydrogen-bond acceptors (Lipinski definition) is 4. The third-order valence-corrected chi connectivity index (χ3v) is 6.22. The zero-order valence-electron chi connectivity index (χ0n) is 13.5. The first-order valence-electron chi connectivity index (χ1n) is 7.88. The number of rotatable bonds is 4. The monoisotopic (exact) mass is 319 g/mol. The fraction of sp³-hybridized carbons (Fsp3) is 1.00. The minimum Gasteiger partial charge on any atom is -0.389 e. The highest BCUT2D eigenvalue weighted by Crippen LogP contribution is 2.21. The highest BCUT2D eigenvalue weighted by molar-refractivity contribution is 7.86. The number of hydrogen-bond donors (Lipinski definition) is 1. The predicted octanol–water partition coefficient (Wildman–Crippen LogP) is 0.352. The molecule has 2 rings (SSSR count). The Kier molecular flexibility index (Phi) is 5.31. The van der Waals surface area contributed by atoms with Crippen LogP contribution in [0.2, 0.25) is 0 Å². The number of piperidine rings is 1. The Hall–Kier alpha value is -0.210. The fourth-order valence-corrected chi connectivity index (χ4v) is 4.94. The molecule has 0 saturated carbocycles. The molecule has 124 valence electrons. The first kappa shape index (κ1) is 17.1. The van der Waals surface area contributed by atoms with Crippen LogP contribution in [0.4, 0.5) is 0 Å². The molecule has 6 nitrogen and oxygen atoms in total. The van der Waals surface area contributed by atoms with E-state index in [1.54, 1.807) is 22.5 Å². The van der Waals surface area contributed by atoms with E-state index >= 15 is 0 Å². The molecule has 1 N–H and O–H groups in total. The van der Waals surface area contributed by atoms with Gasteiger partial charge in [0, 0.05) is 45.8 Å². The van der Waals surface area contributed by atoms with Gasteiger partial charge in [-0.1, -0.05) is 6.92 Å². The number of β-amino-alcohol motifs (C(OH)–C–C–N with tert-alkyl or cyclic N) is 1. The van der Waals surface area contributed by atoms with E-state index in [-0.39, 0.29) is 0 Å². The van der Waals surface area contributed by atoms with Crippen LogP contribution in [-0.4, -0.2) is 78.4 Å². The molecule has 0 aliphatic carbocycles. The van der Waals surface area contributed by atoms with E-state index in [2.05, 4.69) is 11.8 Å². The van der Waals surface area contributed by atoms with E-state index in [4.69, 9.17) is 0 Å². The second-order valence-electron chi connectivity index (χ2n) is 7.10. The second kappa shape index (κ2) is 6.50. The molecule has 0 radical (unpaired) electrons. The number of aliphatic hydroxyl groups is 1. The first-order chi connectivity index (χ1) is 9.68. The summed E-state index contributed by atoms with van der Waals surface area (Å²) in [7, 11) is -3.31. The fourth-order valence-electron chi connectivity index (χ4n) is 3.18. The van der Waals surface area contributed by atoms with Gasteiger partial charge in [-0.3, -0.25) is 4.90 Å². The minimum atomic E-state index is -3.31. The molecule has 0 aromatic carbocycles. The quantitative estimate of drug-likeness (QED) is 0.812. The van der Waals surface area contributed by atoms with Crippen LogP contribution in [0.25, 0.3) is 0 Å². The summed E-state index contributed by atoms with van der Waals surface area (Å²) >= 11 is 0. The average molecular weight is 319 g/mol. The average Bonchev–Trinajstić information content (AvgIpc) is 2.37. The van der Waals surface area contributed by atoms with Gasteiger partial charge in [0.2, 0.25) is 0 Å². The van der Waals surface area contributed by atoms with Crippen molar-refractivity contribution in [3.8, 4) is 0 Å². The summed E-state index contributed by atoms with van der Waals surface area (Å²) in [5.41, 5.74) is -0.733. The third kappa shape index (κ3) is 4.63. The molecule has 2 aliphatic rings. The van der Waals surface area contributed by atoms with Crippen LogP contribution in [0.5, 0.6) is 0 Å². The van der Waals surface area contributed by atoms with Crippen molar-refractivity contribution in [2.24, 2.45) is 5.92 Å². The SMILES string of the molecule is CC1CCCN(S(=O)(=O)N2CCN(CC(C)(C)O)CC2)C1. The zero-order valence-corrected chi connectivity index (χ0v) is 14.3. The molecule has 21 heavy (non-hydrogen) atoms. The maximum atomic E-state index is 12.7. The minimum absolute atomic E-state index is 0.449. The topological polar surface area (TPSA) is 64.1 Å². The summed E-state index contributed by atoms with van der Waals surface area (Å²) in [6, 6.07) is 0. The van der Waals surface area contributed by atoms with Crippen molar-refractivity contribution >= 4 is 10.2 Å². The van der Waals surface area contributed by atoms with Gasteiger partial charge in [-0.15, -0.1) is 0 Å². The summed E-state index contributed by atoms with van der Waals surface area (Å²) < 4.78 is 28.6. The van der Waals surface area contributed by atoms with Crippen LogP contribution in [0, 0.1) is 5.92 Å². The molecular formula is C14H29N3O3S. The van der Waals surface area contributed by atoms with E-state index < -0.39 is 15.8 Å². The van der Waals surface area contributed by atoms with Crippen molar-refractivity contribution in [1.29, 1.82) is 0 Å². The van der Waals surface area contributed by atoms with Crippen molar-refractivity contribution in [3.05, 3.63) is 0 Å². The van der Waals surface area contributed by atoms with E-state index in [9.17, 15) is 13.5 Å². The van der Waals surface area contributed by atoms with Gasteiger partial charge in [-0.25, -0.2) is 0 Å². The molecule has 1 unspecified atom stereocenters. The molecule has 7 heteroatoms. The maximum absolute atomic E-state index is 12.7. The van der Waals surface area contributed by atoms with E-state index in [0.29, 0.717) is 51.7 Å². The highest BCUT2D eigenvalue weighted by Gasteiger charge is 2.35. The Morgan fingerprint density at radius 2 is 1.71 bits per heavy atom. The maximum Gasteiger partial charge on any atom is 0.282 e. The van der Waals surface area contributed by atoms with Gasteiger partial charge in [0.25, 0.3) is 10.2 Å². The van der Waals surface area contributed by atoms with Crippen molar-refractivity contribution in [1.82, 2.24) is 13.5 Å². The molecule has 0 spiro atoms. The summed E-state index contributed by atoms with van der Waals surface area (Å²) in [5, 5.41) is 9.85. The van der Waals surface area contributed by atoms with Crippen LogP contribution in [-0.2, 0) is 10.2 Å². The Balaban J connectivity index is 1.91. The van der Waals surface area contributed by atoms with Gasteiger partial charge in [-0.2, -0.15) is 17.0 Å². The summed E-state index contributed by atoms with van der Waals surface area (Å²) in [5.74, 6) is 0.449. The molecule has 2 saturated heterocycles. The van der Waals surface area contributed by atoms with Crippen LogP contribution in [0.1, 0.15) is 33.6 Å². The van der Waals surface area contributed by atoms with Gasteiger partial charge in [0.05, 0.1) is 5.60 Å². The largest absolute Gasteiger partial charge is 0.389 e. The molecule has 1 atom stereocenters. The molecule has 0 bridgehead atoms. The Bertz CT molecular complexity index is 439. The number of nitrogens with zero attached hydrogens (tertiary/aromatic N) is 3. The first-order valence-corrected chi connectivity index (χ1v) is 9.28. The lowest BCUT2D eigenvalue weighted by Gasteiger charge is -2.40. The summed E-state index contributed by atoms with van der Waals surface area (Å²) in [4.78, 5) is 2.13. The Morgan fingerprint density at radius 1 is 1.10 bits per heavy atom. The lowest BCUT2D eigenvalue weighted by atomic mass is 10.0. The van der Waals surface area contributed by atoms with Gasteiger partial charge >= 0.3 is 0 Å². The smallest absolute Gasteiger partial charge is 0.282 e. The van der Waals surface area contributed by atoms with Crippen LogP contribution < -0.4 is 0 Å². The standard InChI is InChI=1S/C14H29N3O3S/c1-13-5-4-6-17(11-13)21(19,20)16-9-7-15(8-10-16)12-14(2,3)18/h13,18H,4-12H2,1-3H3. The molecule has 2 heterocycles. The molecule has 2 aliphatic heterocycles. The summed E-state index contributed by atoms with van der Waals surface area (Å²) in [6.07, 6.45) is 2.07. The molecule has 0 amide bonds. The van der Waals surface area contributed by atoms with Crippen molar-refractivity contribution < 1.29 is 13.5 Å². The molecular weight excluding hydrogens is 290 g/mol. The molecule has 2 fully saturated rings. The number of piperazine rings is 1. The van der Waals surface area contributed by atoms with Crippen LogP contribution >= 0.6 is 0 Å². The van der Waals surface area contributed by atoms with Gasteiger partial charge in [-0.05, 0) is 32.6 Å². The predicted molar refractivity (Wildman–Crippen MR) is 83.2 cm³/mol. The van der Waals surface area contributed by atoms with E-state index in [0.717, 1.165) is 12.8 Å². The highest BCUT2D eigenvalue weighted by atomic mass is 32.2. The zero-order chi connectivity index (χ0) is 15.7. The van der Waals surface area contributed by atoms with Crippen molar-refractivity contribution in [3.63, 3.8) is 0 Å². The van der Waals surface area contributed by atoms with Gasteiger partial charge < -0.3 is 5.11 Å². The lowest BCUT2D eigenvalue weighted by molar-refractivity contribution is 0.0257. The molecule has 0 aromatic heterocycles. The Labute approximate surface area is 128 Å². The second-order valence-corrected chi connectivity index (χ2v) is 9.03.